The molecule has 0 bridgehead atoms. The number of carbonyl (C=O) groups is 1. The van der Waals surface area contributed by atoms with Crippen molar-refractivity contribution in [2.45, 2.75) is 12.8 Å². The van der Waals surface area contributed by atoms with Crippen LogP contribution in [0.25, 0.3) is 0 Å². The fourth-order valence-electron chi connectivity index (χ4n) is 0.684. The first kappa shape index (κ1) is 9.47. The molecule has 1 aliphatic carbocycles. The van der Waals surface area contributed by atoms with Crippen LogP contribution in [-0.4, -0.2) is 31.3 Å². The molecule has 1 N–H and O–H groups in total. The lowest BCUT2D eigenvalue weighted by Gasteiger charge is -2.00. The lowest BCUT2D eigenvalue weighted by molar-refractivity contribution is -0.144. The van der Waals surface area contributed by atoms with Gasteiger partial charge in [0.1, 0.15) is 12.4 Å². The van der Waals surface area contributed by atoms with Crippen LogP contribution >= 0.6 is 0 Å². The predicted octanol–water partition coefficient (Wildman–Crippen LogP) is -0.173. The molecule has 0 radical (unpaired) electrons. The fourth-order valence-corrected chi connectivity index (χ4v) is 0.978. The summed E-state index contributed by atoms with van der Waals surface area (Å²) < 4.78 is 33.2. The molecule has 0 aromatic rings. The minimum atomic E-state index is -4.00. The Morgan fingerprint density at radius 2 is 2.08 bits per heavy atom. The summed E-state index contributed by atoms with van der Waals surface area (Å²) in [5, 5.41) is 0. The maximum absolute atomic E-state index is 10.8. The van der Waals surface area contributed by atoms with Gasteiger partial charge in [0.15, 0.2) is 0 Å². The topological polar surface area (TPSA) is 80.7 Å². The maximum Gasteiger partial charge on any atom is 0.308 e. The monoisotopic (exact) mass is 194 g/mol. The van der Waals surface area contributed by atoms with Crippen molar-refractivity contribution < 1.29 is 22.5 Å². The van der Waals surface area contributed by atoms with Gasteiger partial charge >= 0.3 is 5.97 Å². The number of carbonyl (C=O) groups excluding carboxylic acids is 1. The molecule has 0 saturated heterocycles. The molecule has 0 unspecified atom stereocenters. The molecule has 70 valence electrons. The molecule has 0 aromatic carbocycles. The molecule has 0 spiro atoms. The van der Waals surface area contributed by atoms with Gasteiger partial charge in [0.05, 0.1) is 5.92 Å². The summed E-state index contributed by atoms with van der Waals surface area (Å²) in [5.41, 5.74) is 0. The molecule has 6 heteroatoms. The van der Waals surface area contributed by atoms with Crippen molar-refractivity contribution >= 4 is 16.1 Å². The zero-order chi connectivity index (χ0) is 9.19. The SMILES string of the molecule is O=C(OCCS(=O)(=O)O)C1CC1. The zero-order valence-electron chi connectivity index (χ0n) is 6.39. The Morgan fingerprint density at radius 3 is 2.50 bits per heavy atom. The highest BCUT2D eigenvalue weighted by molar-refractivity contribution is 7.85. The van der Waals surface area contributed by atoms with E-state index in [0.29, 0.717) is 0 Å². The van der Waals surface area contributed by atoms with E-state index in [4.69, 9.17) is 4.55 Å². The van der Waals surface area contributed by atoms with Crippen LogP contribution in [0.2, 0.25) is 0 Å². The second-order valence-electron chi connectivity index (χ2n) is 2.73. The summed E-state index contributed by atoms with van der Waals surface area (Å²) in [6, 6.07) is 0. The van der Waals surface area contributed by atoms with Gasteiger partial charge in [-0.3, -0.25) is 9.35 Å². The summed E-state index contributed by atoms with van der Waals surface area (Å²) >= 11 is 0. The van der Waals surface area contributed by atoms with Gasteiger partial charge in [-0.25, -0.2) is 0 Å². The van der Waals surface area contributed by atoms with E-state index in [1.807, 2.05) is 0 Å². The highest BCUT2D eigenvalue weighted by Gasteiger charge is 2.31. The van der Waals surface area contributed by atoms with Crippen molar-refractivity contribution in [2.24, 2.45) is 5.92 Å². The first-order chi connectivity index (χ1) is 5.49. The average Bonchev–Trinajstić information content (AvgIpc) is 2.64. The predicted molar refractivity (Wildman–Crippen MR) is 40.1 cm³/mol. The van der Waals surface area contributed by atoms with E-state index in [9.17, 15) is 13.2 Å². The minimum Gasteiger partial charge on any atom is -0.464 e. The van der Waals surface area contributed by atoms with E-state index in [0.717, 1.165) is 12.8 Å². The van der Waals surface area contributed by atoms with Crippen molar-refractivity contribution in [3.63, 3.8) is 0 Å². The highest BCUT2D eigenvalue weighted by Crippen LogP contribution is 2.29. The number of hydrogen-bond donors (Lipinski definition) is 1. The van der Waals surface area contributed by atoms with Gasteiger partial charge in [0.2, 0.25) is 0 Å². The summed E-state index contributed by atoms with van der Waals surface area (Å²) in [5.74, 6) is -0.920. The van der Waals surface area contributed by atoms with Gasteiger partial charge in [-0.1, -0.05) is 0 Å². The summed E-state index contributed by atoms with van der Waals surface area (Å²) in [4.78, 5) is 10.8. The number of esters is 1. The van der Waals surface area contributed by atoms with Crippen LogP contribution in [0.4, 0.5) is 0 Å². The van der Waals surface area contributed by atoms with E-state index in [-0.39, 0.29) is 18.5 Å². The van der Waals surface area contributed by atoms with Crippen molar-refractivity contribution in [1.82, 2.24) is 0 Å². The van der Waals surface area contributed by atoms with Gasteiger partial charge in [-0.2, -0.15) is 8.42 Å². The van der Waals surface area contributed by atoms with E-state index in [1.165, 1.54) is 0 Å². The van der Waals surface area contributed by atoms with Crippen molar-refractivity contribution in [3.8, 4) is 0 Å². The van der Waals surface area contributed by atoms with Crippen molar-refractivity contribution in [2.75, 3.05) is 12.4 Å². The van der Waals surface area contributed by atoms with Crippen LogP contribution in [-0.2, 0) is 19.6 Å². The van der Waals surface area contributed by atoms with Gasteiger partial charge in [-0.15, -0.1) is 0 Å². The van der Waals surface area contributed by atoms with Crippen LogP contribution in [0.3, 0.4) is 0 Å². The molecule has 12 heavy (non-hydrogen) atoms. The van der Waals surface area contributed by atoms with Gasteiger partial charge < -0.3 is 4.74 Å². The Kier molecular flexibility index (Phi) is 2.69. The molecule has 0 amide bonds. The van der Waals surface area contributed by atoms with Crippen molar-refractivity contribution in [1.29, 1.82) is 0 Å². The van der Waals surface area contributed by atoms with Crippen molar-refractivity contribution in [3.05, 3.63) is 0 Å². The molecule has 5 nitrogen and oxygen atoms in total. The number of hydrogen-bond acceptors (Lipinski definition) is 4. The van der Waals surface area contributed by atoms with Crippen LogP contribution in [0.5, 0.6) is 0 Å². The maximum atomic E-state index is 10.8. The zero-order valence-corrected chi connectivity index (χ0v) is 7.21. The van der Waals surface area contributed by atoms with Gasteiger partial charge in [0, 0.05) is 0 Å². The molecule has 1 fully saturated rings. The quantitative estimate of drug-likeness (QED) is 0.496. The Bertz CT molecular complexity index is 264. The van der Waals surface area contributed by atoms with E-state index >= 15 is 0 Å². The van der Waals surface area contributed by atoms with Crippen LogP contribution < -0.4 is 0 Å². The van der Waals surface area contributed by atoms with Gasteiger partial charge in [0.25, 0.3) is 10.1 Å². The first-order valence-corrected chi connectivity index (χ1v) is 5.22. The van der Waals surface area contributed by atoms with E-state index in [2.05, 4.69) is 4.74 Å². The third kappa shape index (κ3) is 3.68. The van der Waals surface area contributed by atoms with Gasteiger partial charge in [-0.05, 0) is 12.8 Å². The molecule has 0 heterocycles. The third-order valence-corrected chi connectivity index (χ3v) is 2.18. The normalized spacial score (nSPS) is 17.4. The first-order valence-electron chi connectivity index (χ1n) is 3.61. The average molecular weight is 194 g/mol. The smallest absolute Gasteiger partial charge is 0.308 e. The molecule has 1 aliphatic rings. The molecule has 1 saturated carbocycles. The molecular formula is C6H10O5S. The summed E-state index contributed by atoms with van der Waals surface area (Å²) in [6.45, 7) is -0.256. The molecule has 0 aromatic heterocycles. The van der Waals surface area contributed by atoms with E-state index in [1.54, 1.807) is 0 Å². The second-order valence-corrected chi connectivity index (χ2v) is 4.30. The van der Waals surface area contributed by atoms with E-state index < -0.39 is 15.9 Å². The molecule has 1 rings (SSSR count). The largest absolute Gasteiger partial charge is 0.464 e. The number of rotatable bonds is 4. The highest BCUT2D eigenvalue weighted by atomic mass is 32.2. The Morgan fingerprint density at radius 1 is 1.50 bits per heavy atom. The Labute approximate surface area is 70.5 Å². The minimum absolute atomic E-state index is 0.0357. The third-order valence-electron chi connectivity index (χ3n) is 1.50. The lowest BCUT2D eigenvalue weighted by atomic mass is 10.4. The molecule has 0 aliphatic heterocycles. The Hall–Kier alpha value is -0.620. The summed E-state index contributed by atoms with van der Waals surface area (Å²) in [6.07, 6.45) is 1.65. The second kappa shape index (κ2) is 3.40. The van der Waals surface area contributed by atoms with Crippen LogP contribution in [0, 0.1) is 5.92 Å². The Balaban J connectivity index is 2.13. The standard InChI is InChI=1S/C6H10O5S/c7-6(5-1-2-5)11-3-4-12(8,9)10/h5H,1-4H2,(H,8,9,10). The van der Waals surface area contributed by atoms with Crippen LogP contribution in [0.1, 0.15) is 12.8 Å². The molecular weight excluding hydrogens is 184 g/mol. The lowest BCUT2D eigenvalue weighted by Crippen LogP contribution is -2.15. The van der Waals surface area contributed by atoms with Crippen LogP contribution in [0.15, 0.2) is 0 Å². The summed E-state index contributed by atoms with van der Waals surface area (Å²) in [7, 11) is -4.00. The number of ether oxygens (including phenoxy) is 1. The molecule has 0 atom stereocenters. The fraction of sp³-hybridized carbons (Fsp3) is 0.833.